The summed E-state index contributed by atoms with van der Waals surface area (Å²) in [6.45, 7) is 7.18. The number of hydrogen-bond donors (Lipinski definition) is 1. The molecule has 0 heterocycles. The molecule has 0 aromatic heterocycles. The van der Waals surface area contributed by atoms with Crippen LogP contribution in [-0.2, 0) is 26.2 Å². The Balaban J connectivity index is 2.13. The highest BCUT2D eigenvalue weighted by molar-refractivity contribution is 7.92. The van der Waals surface area contributed by atoms with Gasteiger partial charge in [-0.05, 0) is 68.1 Å². The second-order valence-electron chi connectivity index (χ2n) is 9.83. The SMILES string of the molecule is CC[C@H](C(=O)N[C@@H](C)CC)N(Cc1ccccc1C)C(=O)CN(c1cc(Cl)ccc1OC)S(=O)(=O)c1ccccc1. The van der Waals surface area contributed by atoms with Gasteiger partial charge in [-0.1, -0.05) is 67.9 Å². The van der Waals surface area contributed by atoms with Crippen LogP contribution in [0.15, 0.2) is 77.7 Å². The van der Waals surface area contributed by atoms with E-state index in [1.807, 2.05) is 52.0 Å². The van der Waals surface area contributed by atoms with Crippen LogP contribution in [0.2, 0.25) is 5.02 Å². The van der Waals surface area contributed by atoms with Crippen molar-refractivity contribution in [3.8, 4) is 5.75 Å². The Hall–Kier alpha value is -3.56. The van der Waals surface area contributed by atoms with Gasteiger partial charge in [0.05, 0.1) is 17.7 Å². The van der Waals surface area contributed by atoms with Crippen molar-refractivity contribution in [2.24, 2.45) is 0 Å². The third-order valence-electron chi connectivity index (χ3n) is 7.01. The molecule has 10 heteroatoms. The zero-order valence-electron chi connectivity index (χ0n) is 24.1. The van der Waals surface area contributed by atoms with Crippen LogP contribution in [0.3, 0.4) is 0 Å². The molecule has 0 fully saturated rings. The highest BCUT2D eigenvalue weighted by atomic mass is 35.5. The van der Waals surface area contributed by atoms with Crippen molar-refractivity contribution in [3.63, 3.8) is 0 Å². The Kier molecular flexibility index (Phi) is 11.2. The van der Waals surface area contributed by atoms with E-state index in [0.717, 1.165) is 21.9 Å². The lowest BCUT2D eigenvalue weighted by Gasteiger charge is -2.34. The number of nitrogens with one attached hydrogen (secondary N) is 1. The van der Waals surface area contributed by atoms with Gasteiger partial charge < -0.3 is 15.0 Å². The predicted molar refractivity (Wildman–Crippen MR) is 163 cm³/mol. The summed E-state index contributed by atoms with van der Waals surface area (Å²) < 4.78 is 34.5. The Labute approximate surface area is 248 Å². The largest absolute Gasteiger partial charge is 0.495 e. The molecule has 8 nitrogen and oxygen atoms in total. The van der Waals surface area contributed by atoms with Crippen LogP contribution in [0, 0.1) is 6.92 Å². The molecule has 220 valence electrons. The Morgan fingerprint density at radius 2 is 1.63 bits per heavy atom. The van der Waals surface area contributed by atoms with Gasteiger partial charge in [0.15, 0.2) is 0 Å². The number of rotatable bonds is 13. The molecule has 0 radical (unpaired) electrons. The minimum Gasteiger partial charge on any atom is -0.495 e. The van der Waals surface area contributed by atoms with Crippen LogP contribution in [0.25, 0.3) is 0 Å². The molecule has 0 aliphatic carbocycles. The molecule has 3 aromatic carbocycles. The van der Waals surface area contributed by atoms with Gasteiger partial charge in [0.2, 0.25) is 11.8 Å². The fourth-order valence-corrected chi connectivity index (χ4v) is 6.03. The van der Waals surface area contributed by atoms with Gasteiger partial charge in [-0.25, -0.2) is 8.42 Å². The minimum absolute atomic E-state index is 0.00170. The number of benzene rings is 3. The van der Waals surface area contributed by atoms with Gasteiger partial charge in [-0.2, -0.15) is 0 Å². The number of sulfonamides is 1. The number of anilines is 1. The summed E-state index contributed by atoms with van der Waals surface area (Å²) in [5.41, 5.74) is 1.92. The van der Waals surface area contributed by atoms with E-state index in [1.165, 1.54) is 30.2 Å². The molecule has 0 spiro atoms. The molecule has 0 unspecified atom stereocenters. The standard InChI is InChI=1S/C31H38ClN3O5S/c1-6-23(4)33-31(37)27(7-2)34(20-24-14-12-11-13-22(24)3)30(36)21-35(28-19-25(32)17-18-29(28)40-5)41(38,39)26-15-9-8-10-16-26/h8-19,23,27H,6-7,20-21H2,1-5H3,(H,33,37)/t23-,27+/m0/s1. The number of nitrogens with zero attached hydrogens (tertiary/aromatic N) is 2. The van der Waals surface area contributed by atoms with E-state index in [1.54, 1.807) is 30.3 Å². The van der Waals surface area contributed by atoms with Gasteiger partial charge in [-0.15, -0.1) is 0 Å². The third-order valence-corrected chi connectivity index (χ3v) is 9.02. The lowest BCUT2D eigenvalue weighted by Crippen LogP contribution is -2.53. The van der Waals surface area contributed by atoms with Gasteiger partial charge >= 0.3 is 0 Å². The predicted octanol–water partition coefficient (Wildman–Crippen LogP) is 5.57. The molecule has 0 saturated carbocycles. The average molecular weight is 600 g/mol. The maximum Gasteiger partial charge on any atom is 0.264 e. The van der Waals surface area contributed by atoms with Crippen LogP contribution in [-0.4, -0.2) is 50.9 Å². The molecule has 2 amide bonds. The first-order valence-electron chi connectivity index (χ1n) is 13.6. The lowest BCUT2D eigenvalue weighted by molar-refractivity contribution is -0.140. The smallest absolute Gasteiger partial charge is 0.264 e. The molecular formula is C31H38ClN3O5S. The van der Waals surface area contributed by atoms with Crippen LogP contribution in [0.1, 0.15) is 44.7 Å². The summed E-state index contributed by atoms with van der Waals surface area (Å²) in [5, 5.41) is 3.26. The Bertz CT molecular complexity index is 1450. The van der Waals surface area contributed by atoms with Crippen molar-refractivity contribution in [1.29, 1.82) is 0 Å². The first kappa shape index (κ1) is 32.0. The summed E-state index contributed by atoms with van der Waals surface area (Å²) in [6, 6.07) is 19.1. The zero-order valence-corrected chi connectivity index (χ0v) is 25.7. The fraction of sp³-hybridized carbons (Fsp3) is 0.355. The number of carbonyl (C=O) groups excluding carboxylic acids is 2. The molecule has 3 aromatic rings. The minimum atomic E-state index is -4.24. The zero-order chi connectivity index (χ0) is 30.2. The summed E-state index contributed by atoms with van der Waals surface area (Å²) in [7, 11) is -2.83. The van der Waals surface area contributed by atoms with Gasteiger partial charge in [-0.3, -0.25) is 13.9 Å². The Morgan fingerprint density at radius 1 is 0.976 bits per heavy atom. The van der Waals surface area contributed by atoms with Crippen LogP contribution < -0.4 is 14.4 Å². The third kappa shape index (κ3) is 7.80. The highest BCUT2D eigenvalue weighted by Crippen LogP contribution is 2.35. The van der Waals surface area contributed by atoms with Crippen molar-refractivity contribution >= 4 is 39.1 Å². The lowest BCUT2D eigenvalue weighted by atomic mass is 10.1. The first-order chi connectivity index (χ1) is 19.5. The summed E-state index contributed by atoms with van der Waals surface area (Å²) in [5.74, 6) is -0.601. The number of halogens is 1. The maximum absolute atomic E-state index is 14.2. The summed E-state index contributed by atoms with van der Waals surface area (Å²) in [6.07, 6.45) is 1.07. The maximum atomic E-state index is 14.2. The van der Waals surface area contributed by atoms with Crippen molar-refractivity contribution < 1.29 is 22.7 Å². The molecule has 1 N–H and O–H groups in total. The van der Waals surface area contributed by atoms with E-state index in [9.17, 15) is 18.0 Å². The number of ether oxygens (including phenoxy) is 1. The normalized spacial score (nSPS) is 12.7. The van der Waals surface area contributed by atoms with Crippen molar-refractivity contribution in [2.75, 3.05) is 18.0 Å². The second-order valence-corrected chi connectivity index (χ2v) is 12.1. The van der Waals surface area contributed by atoms with Gasteiger partial charge in [0.25, 0.3) is 10.0 Å². The molecule has 3 rings (SSSR count). The van der Waals surface area contributed by atoms with E-state index in [-0.39, 0.29) is 39.8 Å². The highest BCUT2D eigenvalue weighted by Gasteiger charge is 2.35. The fourth-order valence-electron chi connectivity index (χ4n) is 4.42. The number of hydrogen-bond acceptors (Lipinski definition) is 5. The van der Waals surface area contributed by atoms with E-state index in [2.05, 4.69) is 5.32 Å². The van der Waals surface area contributed by atoms with Crippen molar-refractivity contribution in [1.82, 2.24) is 10.2 Å². The van der Waals surface area contributed by atoms with E-state index >= 15 is 0 Å². The number of amides is 2. The topological polar surface area (TPSA) is 96.0 Å². The second kappa shape index (κ2) is 14.4. The quantitative estimate of drug-likeness (QED) is 0.277. The molecule has 2 atom stereocenters. The van der Waals surface area contributed by atoms with E-state index in [0.29, 0.717) is 6.42 Å². The first-order valence-corrected chi connectivity index (χ1v) is 15.4. The number of aryl methyl sites for hydroxylation is 1. The summed E-state index contributed by atoms with van der Waals surface area (Å²) in [4.78, 5) is 29.1. The molecule has 0 bridgehead atoms. The van der Waals surface area contributed by atoms with Gasteiger partial charge in [0.1, 0.15) is 18.3 Å². The van der Waals surface area contributed by atoms with Crippen molar-refractivity contribution in [3.05, 3.63) is 88.9 Å². The van der Waals surface area contributed by atoms with Crippen molar-refractivity contribution in [2.45, 2.75) is 64.1 Å². The molecule has 0 saturated heterocycles. The van der Waals surface area contributed by atoms with Gasteiger partial charge in [0, 0.05) is 17.6 Å². The summed E-state index contributed by atoms with van der Waals surface area (Å²) >= 11 is 6.29. The monoisotopic (exact) mass is 599 g/mol. The Morgan fingerprint density at radius 3 is 2.24 bits per heavy atom. The van der Waals surface area contributed by atoms with E-state index in [4.69, 9.17) is 16.3 Å². The molecule has 0 aliphatic rings. The molecule has 41 heavy (non-hydrogen) atoms. The van der Waals surface area contributed by atoms with E-state index < -0.39 is 28.5 Å². The molecular weight excluding hydrogens is 562 g/mol. The van der Waals surface area contributed by atoms with Crippen LogP contribution in [0.4, 0.5) is 5.69 Å². The van der Waals surface area contributed by atoms with Crippen LogP contribution >= 0.6 is 11.6 Å². The molecule has 0 aliphatic heterocycles. The number of carbonyl (C=O) groups is 2. The number of methoxy groups -OCH3 is 1. The average Bonchev–Trinajstić information content (AvgIpc) is 2.96. The van der Waals surface area contributed by atoms with Crippen LogP contribution in [0.5, 0.6) is 5.75 Å².